The molecule has 9 heteroatoms. The minimum Gasteiger partial charge on any atom is -0.490 e. The predicted octanol–water partition coefficient (Wildman–Crippen LogP) is 2.43. The van der Waals surface area contributed by atoms with E-state index in [-0.39, 0.29) is 17.4 Å². The molecule has 8 nitrogen and oxygen atoms in total. The Labute approximate surface area is 150 Å². The summed E-state index contributed by atoms with van der Waals surface area (Å²) in [5.41, 5.74) is -0.167. The number of hydrogen-bond acceptors (Lipinski definition) is 6. The average Bonchev–Trinajstić information content (AvgIpc) is 3.06. The number of aliphatic hydroxyl groups is 1. The number of halogens is 1. The van der Waals surface area contributed by atoms with Crippen molar-refractivity contribution in [2.24, 2.45) is 13.0 Å². The van der Waals surface area contributed by atoms with Crippen molar-refractivity contribution in [1.82, 2.24) is 9.55 Å². The molecule has 0 spiro atoms. The van der Waals surface area contributed by atoms with Crippen LogP contribution in [0.15, 0.2) is 24.5 Å². The van der Waals surface area contributed by atoms with E-state index in [0.29, 0.717) is 18.9 Å². The zero-order valence-electron chi connectivity index (χ0n) is 14.6. The van der Waals surface area contributed by atoms with Gasteiger partial charge in [-0.15, -0.1) is 0 Å². The van der Waals surface area contributed by atoms with Gasteiger partial charge in [0, 0.05) is 44.5 Å². The van der Waals surface area contributed by atoms with Gasteiger partial charge in [-0.3, -0.25) is 10.1 Å². The van der Waals surface area contributed by atoms with Gasteiger partial charge in [-0.2, -0.15) is 0 Å². The summed E-state index contributed by atoms with van der Waals surface area (Å²) < 4.78 is 21.3. The maximum absolute atomic E-state index is 14.5. The van der Waals surface area contributed by atoms with Gasteiger partial charge in [0.2, 0.25) is 0 Å². The van der Waals surface area contributed by atoms with Crippen LogP contribution in [0.5, 0.6) is 5.75 Å². The summed E-state index contributed by atoms with van der Waals surface area (Å²) >= 11 is 0. The van der Waals surface area contributed by atoms with E-state index in [1.165, 1.54) is 13.2 Å². The summed E-state index contributed by atoms with van der Waals surface area (Å²) in [6.45, 7) is 1.02. The fraction of sp³-hybridized carbons (Fsp3) is 0.471. The molecule has 1 aromatic heterocycles. The zero-order chi connectivity index (χ0) is 18.8. The highest BCUT2D eigenvalue weighted by molar-refractivity contribution is 5.60. The van der Waals surface area contributed by atoms with E-state index in [2.05, 4.69) is 4.98 Å². The summed E-state index contributed by atoms with van der Waals surface area (Å²) in [5.74, 6) is -0.216. The summed E-state index contributed by atoms with van der Waals surface area (Å²) in [4.78, 5) is 16.3. The molecule has 1 aliphatic rings. The quantitative estimate of drug-likeness (QED) is 0.647. The number of piperidine rings is 1. The van der Waals surface area contributed by atoms with Gasteiger partial charge in [0.25, 0.3) is 0 Å². The number of nitro groups is 1. The first kappa shape index (κ1) is 18.1. The second kappa shape index (κ2) is 7.28. The molecule has 1 aliphatic heterocycles. The average molecular weight is 364 g/mol. The molecule has 140 valence electrons. The number of nitrogens with zero attached hydrogens (tertiary/aromatic N) is 4. The molecule has 1 fully saturated rings. The van der Waals surface area contributed by atoms with Crippen LogP contribution in [-0.4, -0.2) is 39.8 Å². The van der Waals surface area contributed by atoms with Crippen molar-refractivity contribution < 1.29 is 19.2 Å². The van der Waals surface area contributed by atoms with Gasteiger partial charge in [-0.25, -0.2) is 9.37 Å². The molecule has 2 atom stereocenters. The van der Waals surface area contributed by atoms with Crippen LogP contribution in [0.4, 0.5) is 15.8 Å². The third-order valence-corrected chi connectivity index (χ3v) is 4.81. The lowest BCUT2D eigenvalue weighted by molar-refractivity contribution is -0.385. The second-order valence-corrected chi connectivity index (χ2v) is 6.42. The normalized spacial score (nSPS) is 18.6. The molecule has 0 saturated carbocycles. The van der Waals surface area contributed by atoms with Gasteiger partial charge in [0.05, 0.1) is 23.8 Å². The van der Waals surface area contributed by atoms with Crippen LogP contribution in [0.2, 0.25) is 0 Å². The molecule has 1 N–H and O–H groups in total. The van der Waals surface area contributed by atoms with Gasteiger partial charge in [0.15, 0.2) is 11.6 Å². The molecule has 1 saturated heterocycles. The molecule has 2 unspecified atom stereocenters. The lowest BCUT2D eigenvalue weighted by Crippen LogP contribution is -2.38. The van der Waals surface area contributed by atoms with Crippen LogP contribution in [0.25, 0.3) is 0 Å². The number of imidazole rings is 1. The standard InChI is InChI=1S/C17H21FN4O4/c1-20-7-5-19-17(20)16(23)11-4-3-6-21(10-11)13-9-15(26-2)14(22(24)25)8-12(13)18/h5,7-9,11,16,23H,3-4,6,10H2,1-2H3. The van der Waals surface area contributed by atoms with Crippen LogP contribution in [0.1, 0.15) is 24.8 Å². The highest BCUT2D eigenvalue weighted by atomic mass is 19.1. The Bertz CT molecular complexity index is 810. The van der Waals surface area contributed by atoms with Gasteiger partial charge < -0.3 is 19.3 Å². The minimum atomic E-state index is -0.763. The van der Waals surface area contributed by atoms with Crippen LogP contribution < -0.4 is 9.64 Å². The van der Waals surface area contributed by atoms with E-state index in [0.717, 1.165) is 18.9 Å². The first-order chi connectivity index (χ1) is 12.4. The maximum atomic E-state index is 14.5. The number of ether oxygens (including phenoxy) is 1. The molecule has 0 aliphatic carbocycles. The third kappa shape index (κ3) is 3.34. The number of anilines is 1. The molecule has 0 radical (unpaired) electrons. The maximum Gasteiger partial charge on any atom is 0.313 e. The van der Waals surface area contributed by atoms with Crippen molar-refractivity contribution in [2.45, 2.75) is 18.9 Å². The molecular formula is C17H21FN4O4. The van der Waals surface area contributed by atoms with Crippen molar-refractivity contribution in [3.05, 3.63) is 46.3 Å². The zero-order valence-corrected chi connectivity index (χ0v) is 14.6. The van der Waals surface area contributed by atoms with E-state index in [1.807, 2.05) is 7.05 Å². The summed E-state index contributed by atoms with van der Waals surface area (Å²) in [5, 5.41) is 21.7. The summed E-state index contributed by atoms with van der Waals surface area (Å²) in [6, 6.07) is 2.23. The number of methoxy groups -OCH3 is 1. The number of benzene rings is 1. The third-order valence-electron chi connectivity index (χ3n) is 4.81. The molecule has 2 heterocycles. The molecular weight excluding hydrogens is 343 g/mol. The van der Waals surface area contributed by atoms with Crippen molar-refractivity contribution in [2.75, 3.05) is 25.1 Å². The summed E-state index contributed by atoms with van der Waals surface area (Å²) in [7, 11) is 3.13. The van der Waals surface area contributed by atoms with E-state index in [9.17, 15) is 19.6 Å². The molecule has 3 rings (SSSR count). The van der Waals surface area contributed by atoms with Gasteiger partial charge >= 0.3 is 5.69 Å². The fourth-order valence-electron chi connectivity index (χ4n) is 3.44. The summed E-state index contributed by atoms with van der Waals surface area (Å²) in [6.07, 6.45) is 4.18. The number of aliphatic hydroxyl groups excluding tert-OH is 1. The van der Waals surface area contributed by atoms with E-state index in [4.69, 9.17) is 4.74 Å². The highest BCUT2D eigenvalue weighted by Gasteiger charge is 2.31. The number of hydrogen-bond donors (Lipinski definition) is 1. The van der Waals surface area contributed by atoms with Crippen LogP contribution in [0.3, 0.4) is 0 Å². The topological polar surface area (TPSA) is 93.7 Å². The Morgan fingerprint density at radius 1 is 1.50 bits per heavy atom. The smallest absolute Gasteiger partial charge is 0.313 e. The second-order valence-electron chi connectivity index (χ2n) is 6.42. The number of aryl methyl sites for hydroxylation is 1. The Morgan fingerprint density at radius 3 is 2.88 bits per heavy atom. The van der Waals surface area contributed by atoms with E-state index < -0.39 is 22.5 Å². The van der Waals surface area contributed by atoms with Crippen molar-refractivity contribution in [1.29, 1.82) is 0 Å². The SMILES string of the molecule is COc1cc(N2CCCC(C(O)c3nccn3C)C2)c(F)cc1[N+](=O)[O-]. The Morgan fingerprint density at radius 2 is 2.27 bits per heavy atom. The van der Waals surface area contributed by atoms with E-state index in [1.54, 1.807) is 21.9 Å². The molecule has 0 amide bonds. The lowest BCUT2D eigenvalue weighted by atomic mass is 9.91. The van der Waals surface area contributed by atoms with Gasteiger partial charge in [-0.05, 0) is 12.8 Å². The Kier molecular flexibility index (Phi) is 5.08. The predicted molar refractivity (Wildman–Crippen MR) is 92.7 cm³/mol. The number of aromatic nitrogens is 2. The molecule has 26 heavy (non-hydrogen) atoms. The monoisotopic (exact) mass is 364 g/mol. The largest absolute Gasteiger partial charge is 0.490 e. The first-order valence-electron chi connectivity index (χ1n) is 8.34. The molecule has 1 aromatic carbocycles. The van der Waals surface area contributed by atoms with Crippen LogP contribution in [0, 0.1) is 21.8 Å². The minimum absolute atomic E-state index is 0.0122. The Balaban J connectivity index is 1.86. The molecule has 2 aromatic rings. The van der Waals surface area contributed by atoms with Crippen LogP contribution >= 0.6 is 0 Å². The van der Waals surface area contributed by atoms with Gasteiger partial charge in [0.1, 0.15) is 11.9 Å². The molecule has 0 bridgehead atoms. The fourth-order valence-corrected chi connectivity index (χ4v) is 3.44. The number of rotatable bonds is 5. The lowest BCUT2D eigenvalue weighted by Gasteiger charge is -2.36. The van der Waals surface area contributed by atoms with Crippen LogP contribution in [-0.2, 0) is 7.05 Å². The Hall–Kier alpha value is -2.68. The highest BCUT2D eigenvalue weighted by Crippen LogP contribution is 2.37. The van der Waals surface area contributed by atoms with Crippen molar-refractivity contribution in [3.63, 3.8) is 0 Å². The first-order valence-corrected chi connectivity index (χ1v) is 8.34. The van der Waals surface area contributed by atoms with E-state index >= 15 is 0 Å². The van der Waals surface area contributed by atoms with Crippen molar-refractivity contribution >= 4 is 11.4 Å². The number of nitro benzene ring substituents is 1. The van der Waals surface area contributed by atoms with Gasteiger partial charge in [-0.1, -0.05) is 0 Å². The van der Waals surface area contributed by atoms with Crippen molar-refractivity contribution in [3.8, 4) is 5.75 Å².